The minimum absolute atomic E-state index is 0.0532. The Hall–Kier alpha value is -4.35. The molecule has 0 saturated carbocycles. The van der Waals surface area contributed by atoms with Gasteiger partial charge in [0.25, 0.3) is 5.56 Å². The number of hydrogen-bond donors (Lipinski definition) is 0. The second-order valence-corrected chi connectivity index (χ2v) is 9.29. The van der Waals surface area contributed by atoms with Crippen LogP contribution in [0.15, 0.2) is 114 Å². The molecule has 0 radical (unpaired) electrons. The van der Waals surface area contributed by atoms with Crippen molar-refractivity contribution in [2.24, 2.45) is 0 Å². The molecule has 0 atom stereocenters. The molecule has 0 aliphatic carbocycles. The van der Waals surface area contributed by atoms with Crippen molar-refractivity contribution in [2.75, 3.05) is 0 Å². The lowest BCUT2D eigenvalue weighted by atomic mass is 10.0. The van der Waals surface area contributed by atoms with Crippen LogP contribution in [0.25, 0.3) is 43.2 Å². The summed E-state index contributed by atoms with van der Waals surface area (Å²) >= 11 is 1.44. The molecule has 2 aromatic heterocycles. The first-order valence-electron chi connectivity index (χ1n) is 11.3. The van der Waals surface area contributed by atoms with Gasteiger partial charge in [-0.25, -0.2) is 4.98 Å². The van der Waals surface area contributed by atoms with Crippen molar-refractivity contribution in [1.29, 1.82) is 0 Å². The quantitative estimate of drug-likeness (QED) is 0.259. The van der Waals surface area contributed by atoms with E-state index in [1.807, 2.05) is 78.2 Å². The maximum absolute atomic E-state index is 13.4. The number of aromatic nitrogens is 2. The van der Waals surface area contributed by atoms with E-state index in [2.05, 4.69) is 29.2 Å². The maximum Gasteiger partial charge on any atom is 0.263 e. The summed E-state index contributed by atoms with van der Waals surface area (Å²) in [5.41, 5.74) is 4.43. The number of Topliss-reactive ketones (excluding diaryl/α,β-unsaturated/α-hetero) is 1. The van der Waals surface area contributed by atoms with Crippen LogP contribution >= 0.6 is 11.3 Å². The molecule has 0 bridgehead atoms. The Morgan fingerprint density at radius 3 is 2.26 bits per heavy atom. The molecule has 0 saturated heterocycles. The summed E-state index contributed by atoms with van der Waals surface area (Å²) in [6.07, 6.45) is 1.47. The Labute approximate surface area is 205 Å². The number of ketones is 1. The minimum atomic E-state index is -0.201. The predicted molar refractivity (Wildman–Crippen MR) is 143 cm³/mol. The molecule has 0 fully saturated rings. The highest BCUT2D eigenvalue weighted by molar-refractivity contribution is 7.17. The zero-order valence-electron chi connectivity index (χ0n) is 18.7. The van der Waals surface area contributed by atoms with Crippen molar-refractivity contribution >= 4 is 38.1 Å². The number of hydrogen-bond acceptors (Lipinski definition) is 4. The number of thiophene rings is 1. The topological polar surface area (TPSA) is 52.0 Å². The molecular weight excluding hydrogens is 452 g/mol. The Morgan fingerprint density at radius 2 is 1.46 bits per heavy atom. The van der Waals surface area contributed by atoms with Crippen LogP contribution in [0.4, 0.5) is 0 Å². The van der Waals surface area contributed by atoms with E-state index >= 15 is 0 Å². The maximum atomic E-state index is 13.4. The van der Waals surface area contributed by atoms with Gasteiger partial charge in [-0.15, -0.1) is 11.3 Å². The molecule has 0 spiro atoms. The van der Waals surface area contributed by atoms with E-state index in [1.54, 1.807) is 0 Å². The van der Waals surface area contributed by atoms with Crippen LogP contribution in [0, 0.1) is 0 Å². The Morgan fingerprint density at radius 1 is 0.771 bits per heavy atom. The van der Waals surface area contributed by atoms with Gasteiger partial charge in [0.05, 0.1) is 18.3 Å². The van der Waals surface area contributed by atoms with Crippen LogP contribution in [-0.4, -0.2) is 15.3 Å². The Bertz CT molecular complexity index is 1750. The SMILES string of the molecule is O=C(Cn1cnc2scc(-c3ccc(-c4ccccc4)cc3)c2c1=O)c1ccc2ccccc2c1. The van der Waals surface area contributed by atoms with Gasteiger partial charge in [-0.2, -0.15) is 0 Å². The van der Waals surface area contributed by atoms with E-state index in [0.717, 1.165) is 33.0 Å². The summed E-state index contributed by atoms with van der Waals surface area (Å²) in [5, 5.41) is 4.59. The number of carbonyl (C=O) groups excluding carboxylic acids is 1. The van der Waals surface area contributed by atoms with Crippen LogP contribution in [-0.2, 0) is 6.54 Å². The molecular formula is C30H20N2O2S. The first-order chi connectivity index (χ1) is 17.2. The zero-order chi connectivity index (χ0) is 23.8. The zero-order valence-corrected chi connectivity index (χ0v) is 19.5. The second-order valence-electron chi connectivity index (χ2n) is 8.44. The summed E-state index contributed by atoms with van der Waals surface area (Å²) in [6, 6.07) is 31.9. The van der Waals surface area contributed by atoms with Gasteiger partial charge >= 0.3 is 0 Å². The third-order valence-corrected chi connectivity index (χ3v) is 7.14. The smallest absolute Gasteiger partial charge is 0.263 e. The highest BCUT2D eigenvalue weighted by atomic mass is 32.1. The van der Waals surface area contributed by atoms with Crippen molar-refractivity contribution in [3.8, 4) is 22.3 Å². The predicted octanol–water partition coefficient (Wildman–Crippen LogP) is 6.83. The summed E-state index contributed by atoms with van der Waals surface area (Å²) in [6.45, 7) is -0.0532. The van der Waals surface area contributed by atoms with Gasteiger partial charge in [0.1, 0.15) is 4.83 Å². The molecule has 6 aromatic rings. The van der Waals surface area contributed by atoms with Crippen LogP contribution in [0.3, 0.4) is 0 Å². The molecule has 168 valence electrons. The lowest BCUT2D eigenvalue weighted by Crippen LogP contribution is -2.24. The van der Waals surface area contributed by atoms with Gasteiger partial charge in [0.15, 0.2) is 5.78 Å². The van der Waals surface area contributed by atoms with Crippen LogP contribution in [0.1, 0.15) is 10.4 Å². The fourth-order valence-electron chi connectivity index (χ4n) is 4.37. The molecule has 6 rings (SSSR count). The molecule has 0 aliphatic heterocycles. The molecule has 0 N–H and O–H groups in total. The van der Waals surface area contributed by atoms with Gasteiger partial charge in [-0.05, 0) is 33.5 Å². The van der Waals surface area contributed by atoms with E-state index in [1.165, 1.54) is 22.2 Å². The van der Waals surface area contributed by atoms with Crippen LogP contribution in [0.2, 0.25) is 0 Å². The van der Waals surface area contributed by atoms with Gasteiger partial charge in [0, 0.05) is 16.5 Å². The number of benzene rings is 4. The lowest BCUT2D eigenvalue weighted by molar-refractivity contribution is 0.0971. The molecule has 5 heteroatoms. The third-order valence-electron chi connectivity index (χ3n) is 6.25. The standard InChI is InChI=1S/C30H20N2O2S/c33-27(25-15-12-21-8-4-5-9-24(21)16-25)17-32-19-31-29-28(30(32)34)26(18-35-29)23-13-10-22(11-14-23)20-6-2-1-3-7-20/h1-16,18-19H,17H2. The Kier molecular flexibility index (Phi) is 5.32. The van der Waals surface area contributed by atoms with E-state index in [9.17, 15) is 9.59 Å². The second kappa shape index (κ2) is 8.78. The molecule has 2 heterocycles. The number of carbonyl (C=O) groups is 1. The van der Waals surface area contributed by atoms with E-state index in [4.69, 9.17) is 0 Å². The fourth-order valence-corrected chi connectivity index (χ4v) is 5.28. The number of nitrogens with zero attached hydrogens (tertiary/aromatic N) is 2. The summed E-state index contributed by atoms with van der Waals surface area (Å²) in [7, 11) is 0. The molecule has 0 aliphatic rings. The van der Waals surface area contributed by atoms with Crippen LogP contribution in [0.5, 0.6) is 0 Å². The Balaban J connectivity index is 1.34. The largest absolute Gasteiger partial charge is 0.292 e. The van der Waals surface area contributed by atoms with Crippen molar-refractivity contribution in [1.82, 2.24) is 9.55 Å². The third kappa shape index (κ3) is 3.96. The number of rotatable bonds is 5. The molecule has 4 aromatic carbocycles. The van der Waals surface area contributed by atoms with E-state index < -0.39 is 0 Å². The molecule has 0 unspecified atom stereocenters. The lowest BCUT2D eigenvalue weighted by Gasteiger charge is -2.07. The van der Waals surface area contributed by atoms with Crippen molar-refractivity contribution in [3.63, 3.8) is 0 Å². The number of fused-ring (bicyclic) bond motifs is 2. The van der Waals surface area contributed by atoms with Gasteiger partial charge in [-0.3, -0.25) is 14.2 Å². The highest BCUT2D eigenvalue weighted by Gasteiger charge is 2.16. The molecule has 0 amide bonds. The summed E-state index contributed by atoms with van der Waals surface area (Å²) < 4.78 is 1.41. The van der Waals surface area contributed by atoms with Gasteiger partial charge in [-0.1, -0.05) is 91.0 Å². The monoisotopic (exact) mass is 472 g/mol. The first kappa shape index (κ1) is 21.2. The average Bonchev–Trinajstić information content (AvgIpc) is 3.35. The minimum Gasteiger partial charge on any atom is -0.292 e. The van der Waals surface area contributed by atoms with E-state index in [0.29, 0.717) is 15.8 Å². The van der Waals surface area contributed by atoms with Gasteiger partial charge in [0.2, 0.25) is 0 Å². The molecule has 35 heavy (non-hydrogen) atoms. The molecule has 4 nitrogen and oxygen atoms in total. The van der Waals surface area contributed by atoms with Crippen molar-refractivity contribution in [3.05, 3.63) is 125 Å². The van der Waals surface area contributed by atoms with Crippen molar-refractivity contribution in [2.45, 2.75) is 6.54 Å². The highest BCUT2D eigenvalue weighted by Crippen LogP contribution is 2.32. The van der Waals surface area contributed by atoms with Gasteiger partial charge < -0.3 is 0 Å². The first-order valence-corrected chi connectivity index (χ1v) is 12.2. The normalized spacial score (nSPS) is 11.2. The van der Waals surface area contributed by atoms with E-state index in [-0.39, 0.29) is 17.9 Å². The fraction of sp³-hybridized carbons (Fsp3) is 0.0333. The van der Waals surface area contributed by atoms with Crippen LogP contribution < -0.4 is 5.56 Å². The average molecular weight is 473 g/mol. The van der Waals surface area contributed by atoms with Crippen molar-refractivity contribution < 1.29 is 4.79 Å². The summed E-state index contributed by atoms with van der Waals surface area (Å²) in [5.74, 6) is -0.122. The summed E-state index contributed by atoms with van der Waals surface area (Å²) in [4.78, 5) is 31.6.